The van der Waals surface area contributed by atoms with Crippen molar-refractivity contribution in [2.45, 2.75) is 69.0 Å². The van der Waals surface area contributed by atoms with E-state index < -0.39 is 28.5 Å². The second-order valence-electron chi connectivity index (χ2n) is 12.1. The molecule has 7 nitrogen and oxygen atoms in total. The number of benzene rings is 4. The SMILES string of the molecule is Cc1ccc(Cl)cc1N(CC(=O)N(Cc1ccc(Cl)cc1Cl)[C@@H](Cc1ccccc1)C(=O)NC1CCCCC1)S(=O)(=O)c1ccccc1. The molecule has 1 aliphatic carbocycles. The number of aryl methyl sites for hydroxylation is 1. The predicted molar refractivity (Wildman–Crippen MR) is 193 cm³/mol. The zero-order valence-corrected chi connectivity index (χ0v) is 29.7. The van der Waals surface area contributed by atoms with Gasteiger partial charge in [0.25, 0.3) is 10.0 Å². The van der Waals surface area contributed by atoms with Crippen LogP contribution >= 0.6 is 34.8 Å². The number of carbonyl (C=O) groups excluding carboxylic acids is 2. The van der Waals surface area contributed by atoms with Crippen LogP contribution in [0.25, 0.3) is 0 Å². The molecule has 0 aromatic heterocycles. The first kappa shape index (κ1) is 35.7. The third-order valence-corrected chi connectivity index (χ3v) is 11.2. The first-order valence-electron chi connectivity index (χ1n) is 15.9. The van der Waals surface area contributed by atoms with Gasteiger partial charge in [0.15, 0.2) is 0 Å². The van der Waals surface area contributed by atoms with Crippen LogP contribution in [0.5, 0.6) is 0 Å². The molecule has 1 aliphatic rings. The molecule has 1 saturated carbocycles. The molecular weight excluding hydrogens is 689 g/mol. The van der Waals surface area contributed by atoms with Gasteiger partial charge in [0, 0.05) is 34.1 Å². The van der Waals surface area contributed by atoms with Crippen LogP contribution in [0.15, 0.2) is 102 Å². The first-order chi connectivity index (χ1) is 23.0. The Morgan fingerprint density at radius 3 is 2.12 bits per heavy atom. The van der Waals surface area contributed by atoms with Gasteiger partial charge in [0.1, 0.15) is 12.6 Å². The van der Waals surface area contributed by atoms with E-state index in [1.807, 2.05) is 30.3 Å². The monoisotopic (exact) mass is 725 g/mol. The molecular formula is C37H38Cl3N3O4S. The van der Waals surface area contributed by atoms with Gasteiger partial charge in [-0.2, -0.15) is 0 Å². The lowest BCUT2D eigenvalue weighted by Crippen LogP contribution is -2.55. The number of halogens is 3. The van der Waals surface area contributed by atoms with Gasteiger partial charge in [-0.15, -0.1) is 0 Å². The molecule has 0 saturated heterocycles. The van der Waals surface area contributed by atoms with Gasteiger partial charge in [0.2, 0.25) is 11.8 Å². The Morgan fingerprint density at radius 2 is 1.46 bits per heavy atom. The van der Waals surface area contributed by atoms with Crippen molar-refractivity contribution in [3.8, 4) is 0 Å². The second kappa shape index (κ2) is 16.2. The number of sulfonamides is 1. The maximum atomic E-state index is 14.7. The fourth-order valence-corrected chi connectivity index (χ4v) is 8.14. The molecule has 0 spiro atoms. The van der Waals surface area contributed by atoms with Gasteiger partial charge in [-0.3, -0.25) is 13.9 Å². The van der Waals surface area contributed by atoms with E-state index in [1.165, 1.54) is 23.1 Å². The van der Waals surface area contributed by atoms with E-state index >= 15 is 0 Å². The first-order valence-corrected chi connectivity index (χ1v) is 18.5. The van der Waals surface area contributed by atoms with Gasteiger partial charge in [-0.05, 0) is 72.9 Å². The molecule has 48 heavy (non-hydrogen) atoms. The average molecular weight is 727 g/mol. The quantitative estimate of drug-likeness (QED) is 0.159. The molecule has 0 radical (unpaired) electrons. The maximum absolute atomic E-state index is 14.7. The fourth-order valence-electron chi connectivity index (χ4n) is 6.02. The number of hydrogen-bond donors (Lipinski definition) is 1. The Labute approximate surface area is 297 Å². The van der Waals surface area contributed by atoms with Crippen LogP contribution in [0.4, 0.5) is 5.69 Å². The highest BCUT2D eigenvalue weighted by Gasteiger charge is 2.36. The van der Waals surface area contributed by atoms with Crippen molar-refractivity contribution in [2.75, 3.05) is 10.8 Å². The van der Waals surface area contributed by atoms with Crippen molar-refractivity contribution in [1.29, 1.82) is 0 Å². The summed E-state index contributed by atoms with van der Waals surface area (Å²) in [4.78, 5) is 30.5. The number of anilines is 1. The molecule has 0 unspecified atom stereocenters. The van der Waals surface area contributed by atoms with E-state index in [4.69, 9.17) is 34.8 Å². The van der Waals surface area contributed by atoms with Crippen LogP contribution in [0, 0.1) is 6.92 Å². The highest BCUT2D eigenvalue weighted by molar-refractivity contribution is 7.92. The van der Waals surface area contributed by atoms with Crippen LogP contribution in [0.2, 0.25) is 15.1 Å². The number of rotatable bonds is 12. The van der Waals surface area contributed by atoms with Crippen molar-refractivity contribution in [2.24, 2.45) is 0 Å². The number of carbonyl (C=O) groups is 2. The number of nitrogens with one attached hydrogen (secondary N) is 1. The van der Waals surface area contributed by atoms with Crippen molar-refractivity contribution < 1.29 is 18.0 Å². The van der Waals surface area contributed by atoms with Crippen LogP contribution in [0.1, 0.15) is 48.8 Å². The second-order valence-corrected chi connectivity index (χ2v) is 15.2. The van der Waals surface area contributed by atoms with Crippen LogP contribution in [-0.4, -0.2) is 43.8 Å². The molecule has 0 aliphatic heterocycles. The lowest BCUT2D eigenvalue weighted by Gasteiger charge is -2.35. The highest BCUT2D eigenvalue weighted by Crippen LogP contribution is 2.31. The standard InChI is InChI=1S/C37H38Cl3N3O4S/c1-26-17-19-30(39)23-34(26)43(48(46,47)32-15-9-4-10-16-32)25-36(44)42(24-28-18-20-29(38)22-33(28)40)35(21-27-11-5-2-6-12-27)37(45)41-31-13-7-3-8-14-31/h2,4-6,9-12,15-20,22-23,31,35H,3,7-8,13-14,21,24-25H2,1H3,(H,41,45)/t35-/m0/s1. The van der Waals surface area contributed by atoms with Gasteiger partial charge in [-0.25, -0.2) is 8.42 Å². The van der Waals surface area contributed by atoms with E-state index in [0.29, 0.717) is 26.2 Å². The van der Waals surface area contributed by atoms with Gasteiger partial charge in [0.05, 0.1) is 10.6 Å². The van der Waals surface area contributed by atoms with E-state index in [9.17, 15) is 18.0 Å². The summed E-state index contributed by atoms with van der Waals surface area (Å²) >= 11 is 19.2. The van der Waals surface area contributed by atoms with Crippen molar-refractivity contribution in [3.63, 3.8) is 0 Å². The Balaban J connectivity index is 1.60. The normalized spacial score (nSPS) is 14.2. The van der Waals surface area contributed by atoms with Crippen molar-refractivity contribution >= 4 is 62.3 Å². The van der Waals surface area contributed by atoms with Crippen LogP contribution < -0.4 is 9.62 Å². The van der Waals surface area contributed by atoms with Gasteiger partial charge >= 0.3 is 0 Å². The number of hydrogen-bond acceptors (Lipinski definition) is 4. The summed E-state index contributed by atoms with van der Waals surface area (Å²) in [5.41, 5.74) is 2.28. The molecule has 1 fully saturated rings. The van der Waals surface area contributed by atoms with Crippen molar-refractivity contribution in [3.05, 3.63) is 129 Å². The maximum Gasteiger partial charge on any atom is 0.264 e. The molecule has 252 valence electrons. The molecule has 4 aromatic rings. The molecule has 11 heteroatoms. The summed E-state index contributed by atoms with van der Waals surface area (Å²) < 4.78 is 29.6. The zero-order chi connectivity index (χ0) is 34.3. The smallest absolute Gasteiger partial charge is 0.264 e. The van der Waals surface area contributed by atoms with Gasteiger partial charge < -0.3 is 10.2 Å². The summed E-state index contributed by atoms with van der Waals surface area (Å²) in [6, 6.07) is 26.2. The van der Waals surface area contributed by atoms with E-state index in [0.717, 1.165) is 42.0 Å². The van der Waals surface area contributed by atoms with Crippen LogP contribution in [0.3, 0.4) is 0 Å². The lowest BCUT2D eigenvalue weighted by atomic mass is 9.94. The minimum atomic E-state index is -4.25. The third-order valence-electron chi connectivity index (χ3n) is 8.63. The Hall–Kier alpha value is -3.56. The molecule has 2 amide bonds. The number of amides is 2. The summed E-state index contributed by atoms with van der Waals surface area (Å²) in [5, 5.41) is 4.27. The molecule has 1 atom stereocenters. The van der Waals surface area contributed by atoms with E-state index in [-0.39, 0.29) is 35.5 Å². The Bertz CT molecular complexity index is 1840. The minimum Gasteiger partial charge on any atom is -0.352 e. The van der Waals surface area contributed by atoms with Gasteiger partial charge in [-0.1, -0.05) is 115 Å². The summed E-state index contributed by atoms with van der Waals surface area (Å²) in [6.07, 6.45) is 5.08. The molecule has 1 N–H and O–H groups in total. The average Bonchev–Trinajstić information content (AvgIpc) is 3.08. The molecule has 0 heterocycles. The van der Waals surface area contributed by atoms with E-state index in [2.05, 4.69) is 5.32 Å². The lowest BCUT2D eigenvalue weighted by molar-refractivity contribution is -0.140. The van der Waals surface area contributed by atoms with Crippen LogP contribution in [-0.2, 0) is 32.6 Å². The Kier molecular flexibility index (Phi) is 12.1. The Morgan fingerprint density at radius 1 is 0.833 bits per heavy atom. The molecule has 5 rings (SSSR count). The molecule has 0 bridgehead atoms. The zero-order valence-electron chi connectivity index (χ0n) is 26.6. The third kappa shape index (κ3) is 8.91. The number of nitrogens with zero attached hydrogens (tertiary/aromatic N) is 2. The topological polar surface area (TPSA) is 86.8 Å². The van der Waals surface area contributed by atoms with Crippen molar-refractivity contribution in [1.82, 2.24) is 10.2 Å². The molecule has 4 aromatic carbocycles. The summed E-state index contributed by atoms with van der Waals surface area (Å²) in [6.45, 7) is 1.11. The minimum absolute atomic E-state index is 0.00957. The predicted octanol–water partition coefficient (Wildman–Crippen LogP) is 8.24. The largest absolute Gasteiger partial charge is 0.352 e. The summed E-state index contributed by atoms with van der Waals surface area (Å²) in [7, 11) is -4.25. The summed E-state index contributed by atoms with van der Waals surface area (Å²) in [5.74, 6) is -0.889. The fraction of sp³-hybridized carbons (Fsp3) is 0.297. The highest BCUT2D eigenvalue weighted by atomic mass is 35.5. The van der Waals surface area contributed by atoms with E-state index in [1.54, 1.807) is 55.5 Å².